The van der Waals surface area contributed by atoms with Crippen LogP contribution in [-0.2, 0) is 0 Å². The molecule has 6 aromatic carbocycles. The van der Waals surface area contributed by atoms with E-state index in [4.69, 9.17) is 15.0 Å². The summed E-state index contributed by atoms with van der Waals surface area (Å²) in [4.78, 5) is 19.7. The summed E-state index contributed by atoms with van der Waals surface area (Å²) < 4.78 is 0. The number of hydrogen-bond donors (Lipinski definition) is 0. The van der Waals surface area contributed by atoms with Crippen LogP contribution in [0.5, 0.6) is 0 Å². The third kappa shape index (κ3) is 5.53. The van der Waals surface area contributed by atoms with Crippen LogP contribution >= 0.6 is 0 Å². The zero-order valence-electron chi connectivity index (χ0n) is 25.2. The lowest BCUT2D eigenvalue weighted by atomic mass is 9.92. The Hall–Kier alpha value is -6.00. The van der Waals surface area contributed by atoms with E-state index in [0.717, 1.165) is 57.5 Å². The van der Waals surface area contributed by atoms with Gasteiger partial charge in [-0.2, -0.15) is 0 Å². The first-order valence-corrected chi connectivity index (χ1v) is 15.6. The van der Waals surface area contributed by atoms with Gasteiger partial charge in [0.15, 0.2) is 17.5 Å². The number of benzene rings is 6. The maximum absolute atomic E-state index is 5.06. The summed E-state index contributed by atoms with van der Waals surface area (Å²) in [6.07, 6.45) is 6.24. The molecule has 1 aromatic heterocycles. The molecule has 0 N–H and O–H groups in total. The Morgan fingerprint density at radius 3 is 1.63 bits per heavy atom. The maximum atomic E-state index is 5.06. The average molecular weight is 591 g/mol. The smallest absolute Gasteiger partial charge is 0.164 e. The van der Waals surface area contributed by atoms with Gasteiger partial charge in [-0.25, -0.2) is 15.0 Å². The zero-order chi connectivity index (χ0) is 30.7. The van der Waals surface area contributed by atoms with Gasteiger partial charge in [-0.1, -0.05) is 133 Å². The van der Waals surface area contributed by atoms with Crippen LogP contribution in [0, 0.1) is 0 Å². The Kier molecular flexibility index (Phi) is 7.29. The lowest BCUT2D eigenvalue weighted by Crippen LogP contribution is -2.00. The summed E-state index contributed by atoms with van der Waals surface area (Å²) in [5.74, 6) is 1.92. The van der Waals surface area contributed by atoms with E-state index < -0.39 is 0 Å². The van der Waals surface area contributed by atoms with Crippen molar-refractivity contribution in [2.24, 2.45) is 4.99 Å². The predicted octanol–water partition coefficient (Wildman–Crippen LogP) is 10.6. The molecule has 0 radical (unpaired) electrons. The van der Waals surface area contributed by atoms with E-state index in [-0.39, 0.29) is 0 Å². The van der Waals surface area contributed by atoms with Crippen LogP contribution in [0.25, 0.3) is 72.9 Å². The molecule has 0 amide bonds. The quantitative estimate of drug-likeness (QED) is 0.194. The van der Waals surface area contributed by atoms with Crippen LogP contribution in [0.15, 0.2) is 157 Å². The molecule has 218 valence electrons. The third-order valence-electron chi connectivity index (χ3n) is 8.37. The number of aromatic nitrogens is 3. The molecule has 2 heterocycles. The molecule has 0 aliphatic carbocycles. The first-order valence-electron chi connectivity index (χ1n) is 15.6. The second-order valence-electron chi connectivity index (χ2n) is 11.4. The highest BCUT2D eigenvalue weighted by Gasteiger charge is 2.16. The van der Waals surface area contributed by atoms with E-state index in [1.165, 1.54) is 16.3 Å². The minimum Gasteiger partial charge on any atom is -0.261 e. The van der Waals surface area contributed by atoms with Crippen LogP contribution < -0.4 is 0 Å². The van der Waals surface area contributed by atoms with Crippen molar-refractivity contribution in [2.45, 2.75) is 12.8 Å². The number of allylic oxidation sites excluding steroid dienone is 1. The number of rotatable bonds is 6. The van der Waals surface area contributed by atoms with Gasteiger partial charge in [0.05, 0.1) is 5.70 Å². The summed E-state index contributed by atoms with van der Waals surface area (Å²) in [5, 5.41) is 2.41. The van der Waals surface area contributed by atoms with Gasteiger partial charge in [0.2, 0.25) is 0 Å². The van der Waals surface area contributed by atoms with Gasteiger partial charge in [0.1, 0.15) is 0 Å². The Balaban J connectivity index is 1.33. The van der Waals surface area contributed by atoms with Crippen molar-refractivity contribution >= 4 is 22.7 Å². The molecule has 4 nitrogen and oxygen atoms in total. The van der Waals surface area contributed by atoms with Gasteiger partial charge in [0, 0.05) is 22.9 Å². The standard InChI is InChI=1S/C42H30N4/c1-3-13-32(14-4-1)40-44-41(33-15-5-2-6-16-33)46-42(45-40)36-27-34(29-21-23-31(24-22-29)39-20-9-10-25-43-39)26-35(28-36)38-19-11-17-30-12-7-8-18-37(30)38/h1-8,11-28H,9-10H2. The molecule has 46 heavy (non-hydrogen) atoms. The molecule has 0 atom stereocenters. The van der Waals surface area contributed by atoms with E-state index in [1.54, 1.807) is 0 Å². The lowest BCUT2D eigenvalue weighted by Gasteiger charge is -2.14. The predicted molar refractivity (Wildman–Crippen MR) is 190 cm³/mol. The Morgan fingerprint density at radius 2 is 0.957 bits per heavy atom. The Morgan fingerprint density at radius 1 is 0.391 bits per heavy atom. The maximum Gasteiger partial charge on any atom is 0.164 e. The normalized spacial score (nSPS) is 12.7. The molecule has 7 aromatic rings. The largest absolute Gasteiger partial charge is 0.261 e. The first-order chi connectivity index (χ1) is 22.8. The molecule has 0 spiro atoms. The molecule has 0 bridgehead atoms. The van der Waals surface area contributed by atoms with Crippen molar-refractivity contribution in [2.75, 3.05) is 0 Å². The van der Waals surface area contributed by atoms with Crippen LogP contribution in [0.4, 0.5) is 0 Å². The van der Waals surface area contributed by atoms with Gasteiger partial charge >= 0.3 is 0 Å². The van der Waals surface area contributed by atoms with E-state index in [0.29, 0.717) is 17.5 Å². The van der Waals surface area contributed by atoms with Crippen molar-refractivity contribution in [1.29, 1.82) is 0 Å². The SMILES string of the molecule is C1=NC(c2ccc(-c3cc(-c4nc(-c5ccccc5)nc(-c5ccccc5)n4)cc(-c4cccc5ccccc45)c3)cc2)=CCC1. The van der Waals surface area contributed by atoms with Crippen molar-refractivity contribution in [3.63, 3.8) is 0 Å². The second kappa shape index (κ2) is 12.2. The summed E-state index contributed by atoms with van der Waals surface area (Å²) in [5.41, 5.74) is 9.48. The molecule has 0 saturated carbocycles. The zero-order valence-corrected chi connectivity index (χ0v) is 25.2. The molecule has 4 heteroatoms. The molecule has 1 aliphatic rings. The van der Waals surface area contributed by atoms with E-state index in [1.807, 2.05) is 66.9 Å². The molecule has 8 rings (SSSR count). The summed E-state index contributed by atoms with van der Waals surface area (Å²) >= 11 is 0. The van der Waals surface area contributed by atoms with Gasteiger partial charge in [-0.15, -0.1) is 0 Å². The van der Waals surface area contributed by atoms with Gasteiger partial charge < -0.3 is 0 Å². The van der Waals surface area contributed by atoms with Crippen LogP contribution in [0.2, 0.25) is 0 Å². The van der Waals surface area contributed by atoms with Crippen molar-refractivity contribution in [1.82, 2.24) is 15.0 Å². The highest BCUT2D eigenvalue weighted by Crippen LogP contribution is 2.36. The molecule has 0 unspecified atom stereocenters. The van der Waals surface area contributed by atoms with Crippen LogP contribution in [-0.4, -0.2) is 21.2 Å². The highest BCUT2D eigenvalue weighted by atomic mass is 15.0. The number of hydrogen-bond acceptors (Lipinski definition) is 4. The Labute approximate surface area is 268 Å². The fourth-order valence-corrected chi connectivity index (χ4v) is 6.03. The van der Waals surface area contributed by atoms with E-state index in [9.17, 15) is 0 Å². The summed E-state index contributed by atoms with van der Waals surface area (Å²) in [6, 6.07) is 50.6. The van der Waals surface area contributed by atoms with Crippen LogP contribution in [0.1, 0.15) is 18.4 Å². The molecule has 0 fully saturated rings. The summed E-state index contributed by atoms with van der Waals surface area (Å²) in [6.45, 7) is 0. The molecule has 1 aliphatic heterocycles. The number of nitrogens with zero attached hydrogens (tertiary/aromatic N) is 4. The van der Waals surface area contributed by atoms with Gasteiger partial charge in [-0.05, 0) is 69.6 Å². The summed E-state index contributed by atoms with van der Waals surface area (Å²) in [7, 11) is 0. The van der Waals surface area contributed by atoms with Crippen molar-refractivity contribution in [3.8, 4) is 56.4 Å². The fraction of sp³-hybridized carbons (Fsp3) is 0.0476. The minimum atomic E-state index is 0.634. The second-order valence-corrected chi connectivity index (χ2v) is 11.4. The topological polar surface area (TPSA) is 51.0 Å². The Bertz CT molecular complexity index is 2170. The molecule has 0 saturated heterocycles. The minimum absolute atomic E-state index is 0.634. The highest BCUT2D eigenvalue weighted by molar-refractivity contribution is 5.98. The molecular formula is C42H30N4. The average Bonchev–Trinajstić information content (AvgIpc) is 3.15. The van der Waals surface area contributed by atoms with Crippen molar-refractivity contribution in [3.05, 3.63) is 157 Å². The number of fused-ring (bicyclic) bond motifs is 1. The van der Waals surface area contributed by atoms with E-state index in [2.05, 4.69) is 96.0 Å². The van der Waals surface area contributed by atoms with Gasteiger partial charge in [-0.3, -0.25) is 4.99 Å². The molecular weight excluding hydrogens is 560 g/mol. The number of aliphatic imine (C=N–C) groups is 1. The van der Waals surface area contributed by atoms with E-state index >= 15 is 0 Å². The van der Waals surface area contributed by atoms with Crippen LogP contribution in [0.3, 0.4) is 0 Å². The van der Waals surface area contributed by atoms with Crippen molar-refractivity contribution < 1.29 is 0 Å². The fourth-order valence-electron chi connectivity index (χ4n) is 6.03. The third-order valence-corrected chi connectivity index (χ3v) is 8.37. The monoisotopic (exact) mass is 590 g/mol. The van der Waals surface area contributed by atoms with Gasteiger partial charge in [0.25, 0.3) is 0 Å². The first kappa shape index (κ1) is 27.5. The lowest BCUT2D eigenvalue weighted by molar-refractivity contribution is 1.07.